The van der Waals surface area contributed by atoms with Crippen molar-refractivity contribution in [3.8, 4) is 0 Å². The second kappa shape index (κ2) is 7.20. The zero-order chi connectivity index (χ0) is 14.4. The number of hydrogen-bond acceptors (Lipinski definition) is 3. The van der Waals surface area contributed by atoms with Crippen LogP contribution in [0.5, 0.6) is 0 Å². The van der Waals surface area contributed by atoms with Gasteiger partial charge < -0.3 is 5.32 Å². The molecule has 0 unspecified atom stereocenters. The second-order valence-electron chi connectivity index (χ2n) is 5.36. The lowest BCUT2D eigenvalue weighted by atomic mass is 9.98. The van der Waals surface area contributed by atoms with Crippen molar-refractivity contribution in [2.75, 3.05) is 26.2 Å². The van der Waals surface area contributed by atoms with Crippen molar-refractivity contribution in [2.45, 2.75) is 31.1 Å². The molecule has 0 bridgehead atoms. The molecular formula is C15H24N2O2S. The zero-order valence-corrected chi connectivity index (χ0v) is 12.9. The molecule has 1 fully saturated rings. The monoisotopic (exact) mass is 296 g/mol. The Hall–Kier alpha value is -0.910. The molecule has 0 aromatic heterocycles. The van der Waals surface area contributed by atoms with Crippen molar-refractivity contribution in [3.05, 3.63) is 30.3 Å². The third-order valence-electron chi connectivity index (χ3n) is 3.81. The van der Waals surface area contributed by atoms with E-state index in [4.69, 9.17) is 0 Å². The molecule has 1 aliphatic heterocycles. The van der Waals surface area contributed by atoms with Gasteiger partial charge in [-0.05, 0) is 50.4 Å². The maximum Gasteiger partial charge on any atom is 0.243 e. The van der Waals surface area contributed by atoms with Crippen LogP contribution >= 0.6 is 0 Å². The van der Waals surface area contributed by atoms with E-state index >= 15 is 0 Å². The molecule has 1 saturated heterocycles. The second-order valence-corrected chi connectivity index (χ2v) is 7.30. The predicted octanol–water partition coefficient (Wildman–Crippen LogP) is 2.09. The van der Waals surface area contributed by atoms with Crippen LogP contribution in [0.4, 0.5) is 0 Å². The van der Waals surface area contributed by atoms with Crippen LogP contribution in [0.1, 0.15) is 26.2 Å². The van der Waals surface area contributed by atoms with Crippen LogP contribution in [0.15, 0.2) is 35.2 Å². The van der Waals surface area contributed by atoms with Crippen molar-refractivity contribution in [1.29, 1.82) is 0 Å². The number of hydrogen-bond donors (Lipinski definition) is 1. The molecule has 4 nitrogen and oxygen atoms in total. The molecule has 1 aromatic carbocycles. The molecule has 0 saturated carbocycles. The van der Waals surface area contributed by atoms with Gasteiger partial charge in [0, 0.05) is 13.1 Å². The van der Waals surface area contributed by atoms with Crippen LogP contribution < -0.4 is 5.32 Å². The fraction of sp³-hybridized carbons (Fsp3) is 0.600. The van der Waals surface area contributed by atoms with Gasteiger partial charge in [-0.15, -0.1) is 0 Å². The van der Waals surface area contributed by atoms with E-state index in [2.05, 4.69) is 12.2 Å². The minimum absolute atomic E-state index is 0.405. The molecular weight excluding hydrogens is 272 g/mol. The van der Waals surface area contributed by atoms with Crippen LogP contribution in [0.3, 0.4) is 0 Å². The van der Waals surface area contributed by atoms with Crippen molar-refractivity contribution in [2.24, 2.45) is 5.92 Å². The Morgan fingerprint density at radius 3 is 2.45 bits per heavy atom. The number of nitrogens with zero attached hydrogens (tertiary/aromatic N) is 1. The average molecular weight is 296 g/mol. The number of benzene rings is 1. The summed E-state index contributed by atoms with van der Waals surface area (Å²) in [6.07, 6.45) is 3.03. The van der Waals surface area contributed by atoms with Crippen LogP contribution in [-0.4, -0.2) is 38.9 Å². The molecule has 0 aliphatic carbocycles. The van der Waals surface area contributed by atoms with Gasteiger partial charge >= 0.3 is 0 Å². The van der Waals surface area contributed by atoms with E-state index < -0.39 is 10.0 Å². The molecule has 1 N–H and O–H groups in total. The van der Waals surface area contributed by atoms with E-state index in [9.17, 15) is 8.42 Å². The predicted molar refractivity (Wildman–Crippen MR) is 81.1 cm³/mol. The molecule has 0 spiro atoms. The third kappa shape index (κ3) is 3.81. The van der Waals surface area contributed by atoms with E-state index in [0.29, 0.717) is 23.9 Å². The fourth-order valence-electron chi connectivity index (χ4n) is 2.58. The molecule has 5 heteroatoms. The lowest BCUT2D eigenvalue weighted by Gasteiger charge is -2.31. The van der Waals surface area contributed by atoms with Crippen molar-refractivity contribution in [3.63, 3.8) is 0 Å². The number of nitrogens with one attached hydrogen (secondary N) is 1. The van der Waals surface area contributed by atoms with Crippen molar-refractivity contribution in [1.82, 2.24) is 9.62 Å². The Morgan fingerprint density at radius 1 is 1.20 bits per heavy atom. The van der Waals surface area contributed by atoms with Gasteiger partial charge in [-0.1, -0.05) is 25.1 Å². The standard InChI is InChI=1S/C15H24N2O2S/c1-2-10-16-13-14-8-11-17(12-9-14)20(18,19)15-6-4-3-5-7-15/h3-7,14,16H,2,8-13H2,1H3. The first-order valence-corrected chi connectivity index (χ1v) is 8.84. The van der Waals surface area contributed by atoms with Gasteiger partial charge in [-0.25, -0.2) is 8.42 Å². The zero-order valence-electron chi connectivity index (χ0n) is 12.1. The van der Waals surface area contributed by atoms with Crippen molar-refractivity contribution < 1.29 is 8.42 Å². The highest BCUT2D eigenvalue weighted by molar-refractivity contribution is 7.89. The Balaban J connectivity index is 1.90. The van der Waals surface area contributed by atoms with Gasteiger partial charge in [0.2, 0.25) is 10.0 Å². The largest absolute Gasteiger partial charge is 0.316 e. The maximum atomic E-state index is 12.5. The smallest absolute Gasteiger partial charge is 0.243 e. The van der Waals surface area contributed by atoms with E-state index in [1.807, 2.05) is 6.07 Å². The Kier molecular flexibility index (Phi) is 5.57. The SMILES string of the molecule is CCCNCC1CCN(S(=O)(=O)c2ccccc2)CC1. The topological polar surface area (TPSA) is 49.4 Å². The Labute approximate surface area is 122 Å². The summed E-state index contributed by atoms with van der Waals surface area (Å²) in [7, 11) is -3.30. The average Bonchev–Trinajstić information content (AvgIpc) is 2.49. The van der Waals surface area contributed by atoms with Gasteiger partial charge in [0.05, 0.1) is 4.90 Å². The highest BCUT2D eigenvalue weighted by Crippen LogP contribution is 2.23. The first-order chi connectivity index (χ1) is 9.64. The summed E-state index contributed by atoms with van der Waals surface area (Å²) in [5, 5.41) is 3.42. The Bertz CT molecular complexity index is 494. The third-order valence-corrected chi connectivity index (χ3v) is 5.73. The van der Waals surface area contributed by atoms with E-state index in [1.165, 1.54) is 0 Å². The lowest BCUT2D eigenvalue weighted by Crippen LogP contribution is -2.40. The summed E-state index contributed by atoms with van der Waals surface area (Å²) >= 11 is 0. The van der Waals surface area contributed by atoms with Crippen LogP contribution in [0.25, 0.3) is 0 Å². The highest BCUT2D eigenvalue weighted by atomic mass is 32.2. The number of piperidine rings is 1. The quantitative estimate of drug-likeness (QED) is 0.818. The fourth-order valence-corrected chi connectivity index (χ4v) is 4.07. The number of rotatable bonds is 6. The summed E-state index contributed by atoms with van der Waals surface area (Å²) in [5.41, 5.74) is 0. The van der Waals surface area contributed by atoms with E-state index in [0.717, 1.165) is 32.4 Å². The van der Waals surface area contributed by atoms with Crippen molar-refractivity contribution >= 4 is 10.0 Å². The summed E-state index contributed by atoms with van der Waals surface area (Å²) < 4.78 is 26.6. The Morgan fingerprint density at radius 2 is 1.85 bits per heavy atom. The van der Waals surface area contributed by atoms with Gasteiger partial charge in [-0.3, -0.25) is 0 Å². The van der Waals surface area contributed by atoms with Crippen LogP contribution in [0, 0.1) is 5.92 Å². The first kappa shape index (κ1) is 15.5. The summed E-state index contributed by atoms with van der Waals surface area (Å²) in [6.45, 7) is 5.48. The van der Waals surface area contributed by atoms with Crippen LogP contribution in [0.2, 0.25) is 0 Å². The minimum atomic E-state index is -3.30. The highest BCUT2D eigenvalue weighted by Gasteiger charge is 2.28. The van der Waals surface area contributed by atoms with E-state index in [-0.39, 0.29) is 0 Å². The maximum absolute atomic E-state index is 12.5. The summed E-state index contributed by atoms with van der Waals surface area (Å²) in [6, 6.07) is 8.72. The molecule has 1 heterocycles. The van der Waals surface area contributed by atoms with E-state index in [1.54, 1.807) is 28.6 Å². The summed E-state index contributed by atoms with van der Waals surface area (Å²) in [5.74, 6) is 0.601. The molecule has 0 radical (unpaired) electrons. The first-order valence-electron chi connectivity index (χ1n) is 7.40. The minimum Gasteiger partial charge on any atom is -0.316 e. The van der Waals surface area contributed by atoms with Gasteiger partial charge in [0.25, 0.3) is 0 Å². The molecule has 0 atom stereocenters. The normalized spacial score (nSPS) is 18.2. The molecule has 0 amide bonds. The molecule has 1 aliphatic rings. The molecule has 112 valence electrons. The molecule has 1 aromatic rings. The lowest BCUT2D eigenvalue weighted by molar-refractivity contribution is 0.267. The molecule has 2 rings (SSSR count). The van der Waals surface area contributed by atoms with Gasteiger partial charge in [-0.2, -0.15) is 4.31 Å². The van der Waals surface area contributed by atoms with Crippen LogP contribution in [-0.2, 0) is 10.0 Å². The van der Waals surface area contributed by atoms with Gasteiger partial charge in [0.15, 0.2) is 0 Å². The summed E-state index contributed by atoms with van der Waals surface area (Å²) in [4.78, 5) is 0.405. The number of sulfonamides is 1. The molecule has 20 heavy (non-hydrogen) atoms. The van der Waals surface area contributed by atoms with Gasteiger partial charge in [0.1, 0.15) is 0 Å².